The molecule has 41 heavy (non-hydrogen) atoms. The van der Waals surface area contributed by atoms with Crippen molar-refractivity contribution in [2.75, 3.05) is 17.3 Å². The maximum atomic E-state index is 14.0. The number of aromatic nitrogens is 1. The molecular weight excluding hydrogens is 626 g/mol. The van der Waals surface area contributed by atoms with Crippen LogP contribution in [0.15, 0.2) is 87.1 Å². The molecule has 3 amide bonds. The van der Waals surface area contributed by atoms with Crippen LogP contribution in [-0.2, 0) is 20.9 Å². The van der Waals surface area contributed by atoms with Gasteiger partial charge in [-0.2, -0.15) is 0 Å². The van der Waals surface area contributed by atoms with E-state index in [1.165, 1.54) is 21.2 Å². The summed E-state index contributed by atoms with van der Waals surface area (Å²) in [6.45, 7) is 1.71. The number of hydrogen-bond acceptors (Lipinski definition) is 7. The predicted octanol–water partition coefficient (Wildman–Crippen LogP) is 5.42. The van der Waals surface area contributed by atoms with Crippen molar-refractivity contribution in [3.05, 3.63) is 103 Å². The van der Waals surface area contributed by atoms with Crippen LogP contribution in [0.2, 0.25) is 0 Å². The van der Waals surface area contributed by atoms with Gasteiger partial charge in [0.2, 0.25) is 17.7 Å². The van der Waals surface area contributed by atoms with Gasteiger partial charge in [0, 0.05) is 26.5 Å². The van der Waals surface area contributed by atoms with Crippen LogP contribution in [-0.4, -0.2) is 34.6 Å². The molecule has 0 radical (unpaired) electrons. The van der Waals surface area contributed by atoms with E-state index in [-0.39, 0.29) is 29.1 Å². The maximum Gasteiger partial charge on any atom is 0.308 e. The predicted molar refractivity (Wildman–Crippen MR) is 163 cm³/mol. The number of carbonyl (C=O) groups excluding carboxylic acids is 3. The highest BCUT2D eigenvalue weighted by atomic mass is 79.9. The first-order valence-electron chi connectivity index (χ1n) is 12.8. The van der Waals surface area contributed by atoms with Gasteiger partial charge in [-0.05, 0) is 55.0 Å². The Morgan fingerprint density at radius 2 is 1.76 bits per heavy atom. The molecule has 2 aliphatic heterocycles. The number of nitrogens with zero attached hydrogens (tertiary/aromatic N) is 2. The highest BCUT2D eigenvalue weighted by Crippen LogP contribution is 2.55. The van der Waals surface area contributed by atoms with Crippen molar-refractivity contribution >= 4 is 68.1 Å². The average Bonchev–Trinajstić information content (AvgIpc) is 3.39. The Balaban J connectivity index is 1.43. The minimum Gasteiger partial charge on any atom is -0.496 e. The molecule has 1 N–H and O–H groups in total. The van der Waals surface area contributed by atoms with E-state index in [4.69, 9.17) is 4.74 Å². The number of carbonyl (C=O) groups is 3. The summed E-state index contributed by atoms with van der Waals surface area (Å²) in [5.74, 6) is -1.86. The fourth-order valence-corrected chi connectivity index (χ4v) is 8.45. The van der Waals surface area contributed by atoms with Crippen LogP contribution in [0.4, 0.5) is 11.4 Å². The van der Waals surface area contributed by atoms with E-state index in [1.54, 1.807) is 43.5 Å². The number of benzene rings is 3. The molecule has 1 saturated heterocycles. The normalized spacial score (nSPS) is 19.6. The van der Waals surface area contributed by atoms with Crippen molar-refractivity contribution < 1.29 is 19.1 Å². The number of imide groups is 1. The monoisotopic (exact) mass is 649 g/mol. The molecule has 2 unspecified atom stereocenters. The molecular formula is C30H24BrN3O5S2. The Kier molecular flexibility index (Phi) is 7.35. The summed E-state index contributed by atoms with van der Waals surface area (Å²) < 4.78 is 7.90. The quantitative estimate of drug-likeness (QED) is 0.280. The molecule has 0 spiro atoms. The maximum absolute atomic E-state index is 14.0. The first-order chi connectivity index (χ1) is 19.8. The fourth-order valence-electron chi connectivity index (χ4n) is 5.43. The molecule has 11 heteroatoms. The summed E-state index contributed by atoms with van der Waals surface area (Å²) in [7, 11) is 1.55. The number of ether oxygens (including phenoxy) is 1. The fraction of sp³-hybridized carbons (Fsp3) is 0.200. The van der Waals surface area contributed by atoms with Crippen LogP contribution in [0.3, 0.4) is 0 Å². The Hall–Kier alpha value is -3.67. The second kappa shape index (κ2) is 11.0. The molecule has 0 bridgehead atoms. The van der Waals surface area contributed by atoms with Gasteiger partial charge >= 0.3 is 4.87 Å². The zero-order valence-electron chi connectivity index (χ0n) is 22.0. The lowest BCUT2D eigenvalue weighted by molar-refractivity contribution is -0.122. The van der Waals surface area contributed by atoms with Crippen molar-refractivity contribution in [1.29, 1.82) is 0 Å². The third-order valence-corrected chi connectivity index (χ3v) is 10.3. The summed E-state index contributed by atoms with van der Waals surface area (Å²) in [5.41, 5.74) is 2.82. The number of nitrogens with one attached hydrogen (secondary N) is 1. The van der Waals surface area contributed by atoms with Crippen molar-refractivity contribution in [2.45, 2.75) is 29.7 Å². The topological polar surface area (TPSA) is 97.7 Å². The van der Waals surface area contributed by atoms with Gasteiger partial charge in [0.25, 0.3) is 0 Å². The second-order valence-electron chi connectivity index (χ2n) is 9.81. The van der Waals surface area contributed by atoms with Gasteiger partial charge in [-0.15, -0.1) is 0 Å². The zero-order valence-corrected chi connectivity index (χ0v) is 25.2. The van der Waals surface area contributed by atoms with Crippen LogP contribution < -0.4 is 19.8 Å². The lowest BCUT2D eigenvalue weighted by atomic mass is 9.82. The largest absolute Gasteiger partial charge is 0.496 e. The van der Waals surface area contributed by atoms with Crippen LogP contribution in [0, 0.1) is 12.8 Å². The number of rotatable bonds is 6. The van der Waals surface area contributed by atoms with Crippen LogP contribution in [0.1, 0.15) is 21.9 Å². The molecule has 1 aromatic heterocycles. The third-order valence-electron chi connectivity index (χ3n) is 7.21. The molecule has 0 aliphatic carbocycles. The van der Waals surface area contributed by atoms with Gasteiger partial charge in [-0.1, -0.05) is 69.4 Å². The highest BCUT2D eigenvalue weighted by Gasteiger charge is 2.57. The third kappa shape index (κ3) is 4.92. The molecule has 1 fully saturated rings. The van der Waals surface area contributed by atoms with Crippen molar-refractivity contribution in [1.82, 2.24) is 4.57 Å². The summed E-state index contributed by atoms with van der Waals surface area (Å²) in [5, 5.41) is 2.59. The number of halogens is 1. The number of aryl methyl sites for hydroxylation is 1. The van der Waals surface area contributed by atoms with Gasteiger partial charge in [0.15, 0.2) is 0 Å². The van der Waals surface area contributed by atoms with Gasteiger partial charge in [0.05, 0.1) is 23.7 Å². The van der Waals surface area contributed by atoms with E-state index in [0.29, 0.717) is 32.6 Å². The van der Waals surface area contributed by atoms with E-state index in [9.17, 15) is 19.2 Å². The number of para-hydroxylation sites is 1. The van der Waals surface area contributed by atoms with Crippen molar-refractivity contribution in [3.63, 3.8) is 0 Å². The van der Waals surface area contributed by atoms with Gasteiger partial charge in [-0.3, -0.25) is 23.7 Å². The lowest BCUT2D eigenvalue weighted by Gasteiger charge is -2.31. The summed E-state index contributed by atoms with van der Waals surface area (Å²) >= 11 is 5.59. The van der Waals surface area contributed by atoms with Crippen LogP contribution >= 0.6 is 39.0 Å². The number of amides is 3. The SMILES string of the molecule is COc1ccccc1[C@H]1c2sc(=O)n(CC(=O)Nc3cccc(C)c3)c2SC2C(=O)N(c3ccc(Br)cc3)C(=O)C21. The highest BCUT2D eigenvalue weighted by molar-refractivity contribution is 9.10. The average molecular weight is 651 g/mol. The minimum atomic E-state index is -0.784. The molecule has 8 nitrogen and oxygen atoms in total. The number of anilines is 2. The Morgan fingerprint density at radius 3 is 2.49 bits per heavy atom. The first-order valence-corrected chi connectivity index (χ1v) is 15.3. The molecule has 0 saturated carbocycles. The van der Waals surface area contributed by atoms with Crippen LogP contribution in [0.25, 0.3) is 0 Å². The number of thioether (sulfide) groups is 1. The number of hydrogen-bond donors (Lipinski definition) is 1. The smallest absolute Gasteiger partial charge is 0.308 e. The van der Waals surface area contributed by atoms with E-state index in [0.717, 1.165) is 21.4 Å². The zero-order chi connectivity index (χ0) is 28.8. The Bertz CT molecular complexity index is 1750. The van der Waals surface area contributed by atoms with E-state index >= 15 is 0 Å². The van der Waals surface area contributed by atoms with Crippen LogP contribution in [0.5, 0.6) is 5.75 Å². The first kappa shape index (κ1) is 27.5. The van der Waals surface area contributed by atoms with E-state index in [2.05, 4.69) is 21.2 Å². The minimum absolute atomic E-state index is 0.222. The second-order valence-corrected chi connectivity index (χ2v) is 12.9. The standard InChI is InChI=1S/C30H24BrN3O5S2/c1-16-6-5-7-18(14-16)32-22(35)15-33-29-26(41-30(33)38)23(20-8-3-4-9-21(20)39-2)24-25(40-29)28(37)34(27(24)36)19-12-10-17(31)11-13-19/h3-14,23-25H,15H2,1-2H3,(H,32,35)/t23-,24?,25?/m1/s1. The number of thiazole rings is 1. The Labute approximate surface area is 252 Å². The summed E-state index contributed by atoms with van der Waals surface area (Å²) in [6.07, 6.45) is 0. The molecule has 3 atom stereocenters. The molecule has 3 heterocycles. The van der Waals surface area contributed by atoms with Crippen molar-refractivity contribution in [3.8, 4) is 5.75 Å². The molecule has 2 aliphatic rings. The number of fused-ring (bicyclic) bond motifs is 2. The molecule has 6 rings (SSSR count). The molecule has 4 aromatic rings. The Morgan fingerprint density at radius 1 is 1.00 bits per heavy atom. The van der Waals surface area contributed by atoms with Gasteiger partial charge < -0.3 is 10.1 Å². The van der Waals surface area contributed by atoms with E-state index < -0.39 is 17.1 Å². The number of methoxy groups -OCH3 is 1. The summed E-state index contributed by atoms with van der Waals surface area (Å²) in [6, 6.07) is 21.8. The lowest BCUT2D eigenvalue weighted by Crippen LogP contribution is -2.33. The van der Waals surface area contributed by atoms with Gasteiger partial charge in [-0.25, -0.2) is 4.90 Å². The van der Waals surface area contributed by atoms with E-state index in [1.807, 2.05) is 43.3 Å². The molecule has 208 valence electrons. The van der Waals surface area contributed by atoms with Gasteiger partial charge in [0.1, 0.15) is 17.5 Å². The summed E-state index contributed by atoms with van der Waals surface area (Å²) in [4.78, 5) is 55.9. The molecule has 3 aromatic carbocycles. The van der Waals surface area contributed by atoms with Crippen molar-refractivity contribution in [2.24, 2.45) is 5.92 Å².